The van der Waals surface area contributed by atoms with Gasteiger partial charge in [-0.25, -0.2) is 0 Å². The Morgan fingerprint density at radius 3 is 2.69 bits per heavy atom. The normalized spacial score (nSPS) is 10.7. The lowest BCUT2D eigenvalue weighted by Gasteiger charge is -2.18. The molecule has 0 aliphatic rings. The van der Waals surface area contributed by atoms with E-state index in [1.807, 2.05) is 26.0 Å². The molecular weight excluding hydrogens is 200 g/mol. The summed E-state index contributed by atoms with van der Waals surface area (Å²) in [7, 11) is 0. The minimum Gasteiger partial charge on any atom is -0.339 e. The predicted octanol–water partition coefficient (Wildman–Crippen LogP) is 2.41. The van der Waals surface area contributed by atoms with Crippen LogP contribution in [0.3, 0.4) is 0 Å². The van der Waals surface area contributed by atoms with Crippen molar-refractivity contribution in [2.45, 2.75) is 13.8 Å². The number of rotatable bonds is 4. The standard InChI is InChI=1S/C13H17N2O/c1-4-7-11-8-12(10-14-9-11)13(16)15(5-2)6-3/h4,7-10H,1,5-6H2,2-3H3/b7-4+. The molecule has 0 bridgehead atoms. The monoisotopic (exact) mass is 217 g/mol. The minimum absolute atomic E-state index is 0.0248. The van der Waals surface area contributed by atoms with Crippen LogP contribution in [0, 0.1) is 6.92 Å². The highest BCUT2D eigenvalue weighted by Gasteiger charge is 2.12. The first kappa shape index (κ1) is 12.4. The van der Waals surface area contributed by atoms with Gasteiger partial charge < -0.3 is 4.90 Å². The molecule has 1 aromatic heterocycles. The highest BCUT2D eigenvalue weighted by molar-refractivity contribution is 5.94. The van der Waals surface area contributed by atoms with Gasteiger partial charge in [-0.05, 0) is 32.4 Å². The minimum atomic E-state index is 0.0248. The number of amides is 1. The van der Waals surface area contributed by atoms with Crippen molar-refractivity contribution >= 4 is 12.0 Å². The van der Waals surface area contributed by atoms with Crippen LogP contribution in [-0.2, 0) is 0 Å². The van der Waals surface area contributed by atoms with Gasteiger partial charge >= 0.3 is 0 Å². The van der Waals surface area contributed by atoms with Crippen LogP contribution < -0.4 is 0 Å². The van der Waals surface area contributed by atoms with Crippen LogP contribution >= 0.6 is 0 Å². The van der Waals surface area contributed by atoms with Crippen LogP contribution in [0.2, 0.25) is 0 Å². The molecule has 0 N–H and O–H groups in total. The molecule has 1 radical (unpaired) electrons. The molecule has 0 spiro atoms. The number of aromatic nitrogens is 1. The van der Waals surface area contributed by atoms with E-state index in [0.29, 0.717) is 18.7 Å². The molecule has 0 saturated heterocycles. The Bertz CT molecular complexity index is 381. The maximum absolute atomic E-state index is 12.0. The smallest absolute Gasteiger partial charge is 0.255 e. The second-order valence-corrected chi connectivity index (χ2v) is 3.39. The molecule has 3 heteroatoms. The lowest BCUT2D eigenvalue weighted by molar-refractivity contribution is 0.0772. The van der Waals surface area contributed by atoms with Crippen molar-refractivity contribution in [1.82, 2.24) is 9.88 Å². The number of hydrogen-bond donors (Lipinski definition) is 0. The van der Waals surface area contributed by atoms with Gasteiger partial charge in [0.15, 0.2) is 0 Å². The molecule has 3 nitrogen and oxygen atoms in total. The van der Waals surface area contributed by atoms with Crippen LogP contribution in [0.15, 0.2) is 24.5 Å². The van der Waals surface area contributed by atoms with Crippen molar-refractivity contribution in [1.29, 1.82) is 0 Å². The summed E-state index contributed by atoms with van der Waals surface area (Å²) in [4.78, 5) is 17.8. The second-order valence-electron chi connectivity index (χ2n) is 3.39. The molecule has 0 saturated carbocycles. The van der Waals surface area contributed by atoms with E-state index < -0.39 is 0 Å². The molecule has 0 aromatic carbocycles. The third kappa shape index (κ3) is 2.92. The molecule has 0 fully saturated rings. The lowest BCUT2D eigenvalue weighted by atomic mass is 10.1. The topological polar surface area (TPSA) is 33.2 Å². The van der Waals surface area contributed by atoms with Crippen molar-refractivity contribution in [2.75, 3.05) is 13.1 Å². The average molecular weight is 217 g/mol. The summed E-state index contributed by atoms with van der Waals surface area (Å²) in [5.41, 5.74) is 1.52. The second kappa shape index (κ2) is 6.05. The lowest BCUT2D eigenvalue weighted by Crippen LogP contribution is -2.30. The molecule has 1 heterocycles. The zero-order valence-electron chi connectivity index (χ0n) is 9.81. The third-order valence-electron chi connectivity index (χ3n) is 2.37. The van der Waals surface area contributed by atoms with E-state index in [-0.39, 0.29) is 5.91 Å². The first-order chi connectivity index (χ1) is 7.72. The summed E-state index contributed by atoms with van der Waals surface area (Å²) in [5.74, 6) is 0.0248. The summed E-state index contributed by atoms with van der Waals surface area (Å²) in [6.07, 6.45) is 6.82. The van der Waals surface area contributed by atoms with Gasteiger partial charge in [-0.15, -0.1) is 0 Å². The van der Waals surface area contributed by atoms with Gasteiger partial charge in [0, 0.05) is 25.5 Å². The van der Waals surface area contributed by atoms with Crippen molar-refractivity contribution < 1.29 is 4.79 Å². The van der Waals surface area contributed by atoms with Crippen molar-refractivity contribution in [2.24, 2.45) is 0 Å². The Morgan fingerprint density at radius 1 is 1.44 bits per heavy atom. The van der Waals surface area contributed by atoms with E-state index in [9.17, 15) is 4.79 Å². The van der Waals surface area contributed by atoms with E-state index in [1.165, 1.54) is 0 Å². The summed E-state index contributed by atoms with van der Waals surface area (Å²) in [5, 5.41) is 0. The zero-order valence-corrected chi connectivity index (χ0v) is 9.81. The zero-order chi connectivity index (χ0) is 12.0. The van der Waals surface area contributed by atoms with Gasteiger partial charge in [-0.2, -0.15) is 0 Å². The van der Waals surface area contributed by atoms with Crippen LogP contribution in [0.25, 0.3) is 6.08 Å². The van der Waals surface area contributed by atoms with Crippen molar-refractivity contribution in [3.8, 4) is 0 Å². The Balaban J connectivity index is 2.95. The highest BCUT2D eigenvalue weighted by atomic mass is 16.2. The Labute approximate surface area is 96.8 Å². The van der Waals surface area contributed by atoms with E-state index >= 15 is 0 Å². The first-order valence-corrected chi connectivity index (χ1v) is 5.43. The van der Waals surface area contributed by atoms with Crippen LogP contribution in [0.1, 0.15) is 29.8 Å². The molecular formula is C13H17N2O. The SMILES string of the molecule is [CH2]/C=C/c1cncc(C(=O)N(CC)CC)c1. The van der Waals surface area contributed by atoms with Crippen LogP contribution in [-0.4, -0.2) is 28.9 Å². The van der Waals surface area contributed by atoms with Gasteiger partial charge in [0.2, 0.25) is 0 Å². The number of carbonyl (C=O) groups is 1. The maximum Gasteiger partial charge on any atom is 0.255 e. The van der Waals surface area contributed by atoms with E-state index in [0.717, 1.165) is 5.56 Å². The number of hydrogen-bond acceptors (Lipinski definition) is 2. The van der Waals surface area contributed by atoms with Gasteiger partial charge in [0.25, 0.3) is 5.91 Å². The summed E-state index contributed by atoms with van der Waals surface area (Å²) < 4.78 is 0. The fraction of sp³-hybridized carbons (Fsp3) is 0.308. The molecule has 1 amide bonds. The van der Waals surface area contributed by atoms with Gasteiger partial charge in [-0.3, -0.25) is 9.78 Å². The van der Waals surface area contributed by atoms with E-state index in [1.54, 1.807) is 23.4 Å². The molecule has 16 heavy (non-hydrogen) atoms. The van der Waals surface area contributed by atoms with Gasteiger partial charge in [-0.1, -0.05) is 12.2 Å². The van der Waals surface area contributed by atoms with E-state index in [4.69, 9.17) is 0 Å². The summed E-state index contributed by atoms with van der Waals surface area (Å²) in [6.45, 7) is 8.98. The summed E-state index contributed by atoms with van der Waals surface area (Å²) >= 11 is 0. The first-order valence-electron chi connectivity index (χ1n) is 5.43. The predicted molar refractivity (Wildman–Crippen MR) is 65.9 cm³/mol. The fourth-order valence-electron chi connectivity index (χ4n) is 1.50. The van der Waals surface area contributed by atoms with E-state index in [2.05, 4.69) is 11.9 Å². The molecule has 0 aliphatic heterocycles. The van der Waals surface area contributed by atoms with Crippen LogP contribution in [0.4, 0.5) is 0 Å². The largest absolute Gasteiger partial charge is 0.339 e. The van der Waals surface area contributed by atoms with Crippen LogP contribution in [0.5, 0.6) is 0 Å². The Hall–Kier alpha value is -1.64. The molecule has 1 rings (SSSR count). The third-order valence-corrected chi connectivity index (χ3v) is 2.37. The number of allylic oxidation sites excluding steroid dienone is 1. The average Bonchev–Trinajstić information content (AvgIpc) is 2.31. The Kier molecular flexibility index (Phi) is 4.70. The quantitative estimate of drug-likeness (QED) is 0.776. The number of pyridine rings is 1. The number of carbonyl (C=O) groups excluding carboxylic acids is 1. The molecule has 85 valence electrons. The maximum atomic E-state index is 12.0. The molecule has 1 aromatic rings. The van der Waals surface area contributed by atoms with Crippen molar-refractivity contribution in [3.63, 3.8) is 0 Å². The molecule has 0 atom stereocenters. The molecule has 0 unspecified atom stereocenters. The Morgan fingerprint density at radius 2 is 2.12 bits per heavy atom. The molecule has 0 aliphatic carbocycles. The van der Waals surface area contributed by atoms with Gasteiger partial charge in [0.05, 0.1) is 5.56 Å². The number of nitrogens with zero attached hydrogens (tertiary/aromatic N) is 2. The van der Waals surface area contributed by atoms with Gasteiger partial charge in [0.1, 0.15) is 0 Å². The van der Waals surface area contributed by atoms with Crippen molar-refractivity contribution in [3.05, 3.63) is 42.6 Å². The summed E-state index contributed by atoms with van der Waals surface area (Å²) in [6, 6.07) is 1.83. The highest BCUT2D eigenvalue weighted by Crippen LogP contribution is 2.08. The fourth-order valence-corrected chi connectivity index (χ4v) is 1.50.